The summed E-state index contributed by atoms with van der Waals surface area (Å²) in [6.45, 7) is 2.85. The first-order valence-electron chi connectivity index (χ1n) is 6.64. The molecule has 0 amide bonds. The van der Waals surface area contributed by atoms with Crippen molar-refractivity contribution in [3.63, 3.8) is 0 Å². The Labute approximate surface area is 116 Å². The van der Waals surface area contributed by atoms with Crippen molar-refractivity contribution in [1.82, 2.24) is 20.0 Å². The topological polar surface area (TPSA) is 46.5 Å². The number of rotatable bonds is 2. The molecule has 0 saturated heterocycles. The molecule has 20 heavy (non-hydrogen) atoms. The van der Waals surface area contributed by atoms with Gasteiger partial charge in [-0.1, -0.05) is 23.8 Å². The Morgan fingerprint density at radius 2 is 2.10 bits per heavy atom. The molecular weight excluding hydrogens is 248 g/mol. The molecule has 0 unspecified atom stereocenters. The Morgan fingerprint density at radius 1 is 1.15 bits per heavy atom. The molecule has 2 aromatic carbocycles. The zero-order chi connectivity index (χ0) is 13.5. The Morgan fingerprint density at radius 3 is 3.05 bits per heavy atom. The van der Waals surface area contributed by atoms with E-state index >= 15 is 0 Å². The van der Waals surface area contributed by atoms with Gasteiger partial charge in [0.1, 0.15) is 0 Å². The Hall–Kier alpha value is -2.62. The van der Waals surface area contributed by atoms with Gasteiger partial charge in [-0.2, -0.15) is 10.2 Å². The fourth-order valence-corrected chi connectivity index (χ4v) is 2.66. The summed E-state index contributed by atoms with van der Waals surface area (Å²) >= 11 is 0. The van der Waals surface area contributed by atoms with Crippen LogP contribution in [0.15, 0.2) is 48.8 Å². The number of nitrogens with one attached hydrogen (secondary N) is 1. The van der Waals surface area contributed by atoms with Crippen LogP contribution in [0.3, 0.4) is 0 Å². The number of hydrogen-bond acceptors (Lipinski definition) is 2. The maximum atomic E-state index is 4.51. The van der Waals surface area contributed by atoms with Gasteiger partial charge >= 0.3 is 0 Å². The Bertz CT molecular complexity index is 901. The van der Waals surface area contributed by atoms with E-state index in [1.165, 1.54) is 16.5 Å². The van der Waals surface area contributed by atoms with Crippen LogP contribution in [0.2, 0.25) is 0 Å². The summed E-state index contributed by atoms with van der Waals surface area (Å²) in [5, 5.41) is 14.0. The third-order valence-electron chi connectivity index (χ3n) is 3.69. The van der Waals surface area contributed by atoms with Gasteiger partial charge in [0, 0.05) is 10.8 Å². The molecule has 0 aliphatic carbocycles. The maximum Gasteiger partial charge on any atom is 0.0686 e. The van der Waals surface area contributed by atoms with Gasteiger partial charge in [-0.3, -0.25) is 9.78 Å². The molecule has 4 nitrogen and oxygen atoms in total. The minimum Gasteiger partial charge on any atom is -0.278 e. The lowest BCUT2D eigenvalue weighted by Gasteiger charge is -2.05. The molecule has 4 rings (SSSR count). The molecule has 0 saturated carbocycles. The van der Waals surface area contributed by atoms with Crippen molar-refractivity contribution in [3.8, 4) is 0 Å². The fourth-order valence-electron chi connectivity index (χ4n) is 2.66. The molecule has 4 aromatic rings. The van der Waals surface area contributed by atoms with Gasteiger partial charge in [-0.15, -0.1) is 0 Å². The van der Waals surface area contributed by atoms with Crippen LogP contribution in [0.4, 0.5) is 0 Å². The number of aromatic nitrogens is 4. The Balaban J connectivity index is 1.83. The molecule has 98 valence electrons. The first-order valence-corrected chi connectivity index (χ1v) is 6.64. The molecule has 1 N–H and O–H groups in total. The lowest BCUT2D eigenvalue weighted by molar-refractivity contribution is 0.716. The average Bonchev–Trinajstić information content (AvgIpc) is 3.06. The lowest BCUT2D eigenvalue weighted by Crippen LogP contribution is -2.01. The number of aryl methyl sites for hydroxylation is 1. The molecule has 0 fully saturated rings. The van der Waals surface area contributed by atoms with Gasteiger partial charge in [0.2, 0.25) is 0 Å². The number of benzene rings is 2. The van der Waals surface area contributed by atoms with Crippen LogP contribution in [0.1, 0.15) is 11.1 Å². The number of nitrogens with zero attached hydrogens (tertiary/aromatic N) is 3. The molecule has 2 aromatic heterocycles. The predicted molar refractivity (Wildman–Crippen MR) is 79.7 cm³/mol. The van der Waals surface area contributed by atoms with E-state index in [1.807, 2.05) is 29.2 Å². The van der Waals surface area contributed by atoms with Gasteiger partial charge in [0.15, 0.2) is 0 Å². The first-order chi connectivity index (χ1) is 9.81. The number of aromatic amines is 1. The summed E-state index contributed by atoms with van der Waals surface area (Å²) < 4.78 is 2.04. The smallest absolute Gasteiger partial charge is 0.0686 e. The largest absolute Gasteiger partial charge is 0.278 e. The van der Waals surface area contributed by atoms with Crippen molar-refractivity contribution in [2.24, 2.45) is 0 Å². The summed E-state index contributed by atoms with van der Waals surface area (Å²) in [5.74, 6) is 0. The van der Waals surface area contributed by atoms with Crippen molar-refractivity contribution in [3.05, 3.63) is 59.9 Å². The second-order valence-corrected chi connectivity index (χ2v) is 5.11. The molecule has 0 aliphatic heterocycles. The summed E-state index contributed by atoms with van der Waals surface area (Å²) in [6, 6.07) is 12.6. The van der Waals surface area contributed by atoms with Crippen molar-refractivity contribution < 1.29 is 0 Å². The van der Waals surface area contributed by atoms with Crippen LogP contribution >= 0.6 is 0 Å². The van der Waals surface area contributed by atoms with E-state index in [0.717, 1.165) is 23.0 Å². The van der Waals surface area contributed by atoms with E-state index in [9.17, 15) is 0 Å². The van der Waals surface area contributed by atoms with Crippen LogP contribution < -0.4 is 0 Å². The molecule has 0 spiro atoms. The molecule has 0 bridgehead atoms. The Kier molecular flexibility index (Phi) is 2.36. The normalized spacial score (nSPS) is 11.4. The minimum absolute atomic E-state index is 0.753. The van der Waals surface area contributed by atoms with Crippen molar-refractivity contribution >= 4 is 21.8 Å². The zero-order valence-corrected chi connectivity index (χ0v) is 11.2. The summed E-state index contributed by atoms with van der Waals surface area (Å²) in [6.07, 6.45) is 3.80. The van der Waals surface area contributed by atoms with Gasteiger partial charge in [0.25, 0.3) is 0 Å². The standard InChI is InChI=1S/C16H14N4/c1-11-5-6-16-13(7-11)8-18-20(16)10-12-3-2-4-15-14(12)9-17-19-15/h2-9H,10H2,1H3,(H,17,19). The highest BCUT2D eigenvalue weighted by molar-refractivity contribution is 5.82. The van der Waals surface area contributed by atoms with E-state index < -0.39 is 0 Å². The van der Waals surface area contributed by atoms with Gasteiger partial charge in [-0.05, 0) is 30.7 Å². The number of fused-ring (bicyclic) bond motifs is 2. The van der Waals surface area contributed by atoms with Crippen molar-refractivity contribution in [1.29, 1.82) is 0 Å². The van der Waals surface area contributed by atoms with Crippen LogP contribution in [0.5, 0.6) is 0 Å². The lowest BCUT2D eigenvalue weighted by atomic mass is 10.1. The molecular formula is C16H14N4. The highest BCUT2D eigenvalue weighted by Crippen LogP contribution is 2.20. The highest BCUT2D eigenvalue weighted by Gasteiger charge is 2.07. The summed E-state index contributed by atoms with van der Waals surface area (Å²) in [5.41, 5.74) is 4.71. The minimum atomic E-state index is 0.753. The van der Waals surface area contributed by atoms with E-state index in [-0.39, 0.29) is 0 Å². The predicted octanol–water partition coefficient (Wildman–Crippen LogP) is 3.27. The van der Waals surface area contributed by atoms with Crippen molar-refractivity contribution in [2.45, 2.75) is 13.5 Å². The van der Waals surface area contributed by atoms with E-state index in [4.69, 9.17) is 0 Å². The van der Waals surface area contributed by atoms with Gasteiger partial charge in [0.05, 0.1) is 30.0 Å². The summed E-state index contributed by atoms with van der Waals surface area (Å²) in [7, 11) is 0. The molecule has 0 aliphatic rings. The van der Waals surface area contributed by atoms with E-state index in [2.05, 4.69) is 46.5 Å². The number of hydrogen-bond donors (Lipinski definition) is 1. The van der Waals surface area contributed by atoms with Crippen LogP contribution in [-0.2, 0) is 6.54 Å². The highest BCUT2D eigenvalue weighted by atomic mass is 15.3. The average molecular weight is 262 g/mol. The quantitative estimate of drug-likeness (QED) is 0.602. The van der Waals surface area contributed by atoms with Crippen molar-refractivity contribution in [2.75, 3.05) is 0 Å². The molecule has 0 atom stereocenters. The van der Waals surface area contributed by atoms with Gasteiger partial charge < -0.3 is 0 Å². The second-order valence-electron chi connectivity index (χ2n) is 5.11. The van der Waals surface area contributed by atoms with Crippen LogP contribution in [0.25, 0.3) is 21.8 Å². The number of H-pyrrole nitrogens is 1. The molecule has 0 radical (unpaired) electrons. The van der Waals surface area contributed by atoms with Crippen LogP contribution in [-0.4, -0.2) is 20.0 Å². The molecule has 2 heterocycles. The fraction of sp³-hybridized carbons (Fsp3) is 0.125. The molecule has 4 heteroatoms. The van der Waals surface area contributed by atoms with E-state index in [0.29, 0.717) is 0 Å². The second kappa shape index (κ2) is 4.20. The van der Waals surface area contributed by atoms with Gasteiger partial charge in [-0.25, -0.2) is 0 Å². The van der Waals surface area contributed by atoms with Crippen LogP contribution in [0, 0.1) is 6.92 Å². The van der Waals surface area contributed by atoms with E-state index in [1.54, 1.807) is 0 Å². The maximum absolute atomic E-state index is 4.51. The summed E-state index contributed by atoms with van der Waals surface area (Å²) in [4.78, 5) is 0. The first kappa shape index (κ1) is 11.2. The third-order valence-corrected chi connectivity index (χ3v) is 3.69. The monoisotopic (exact) mass is 262 g/mol. The zero-order valence-electron chi connectivity index (χ0n) is 11.2. The SMILES string of the molecule is Cc1ccc2c(cnn2Cc2cccc3[nH]ncc23)c1. The third kappa shape index (κ3) is 1.69.